The first-order valence-electron chi connectivity index (χ1n) is 5.94. The fourth-order valence-electron chi connectivity index (χ4n) is 1.69. The summed E-state index contributed by atoms with van der Waals surface area (Å²) in [5.41, 5.74) is 3.36. The second-order valence-corrected chi connectivity index (χ2v) is 8.66. The highest BCUT2D eigenvalue weighted by atomic mass is 28.4. The number of hydrogen-bond acceptors (Lipinski definition) is 2. The highest BCUT2D eigenvalue weighted by molar-refractivity contribution is 6.76. The SMILES string of the molecule is COc1cccc(/C=C/[Si](C)(C)OC(C)C)c1. The zero-order valence-corrected chi connectivity index (χ0v) is 12.4. The topological polar surface area (TPSA) is 18.5 Å². The Morgan fingerprint density at radius 1 is 1.24 bits per heavy atom. The van der Waals surface area contributed by atoms with Gasteiger partial charge < -0.3 is 9.16 Å². The second-order valence-electron chi connectivity index (χ2n) is 4.88. The number of benzene rings is 1. The van der Waals surface area contributed by atoms with E-state index < -0.39 is 8.32 Å². The molecular weight excluding hydrogens is 228 g/mol. The van der Waals surface area contributed by atoms with Crippen LogP contribution in [0.15, 0.2) is 30.0 Å². The maximum absolute atomic E-state index is 5.94. The van der Waals surface area contributed by atoms with Crippen LogP contribution in [-0.4, -0.2) is 21.5 Å². The quantitative estimate of drug-likeness (QED) is 0.738. The van der Waals surface area contributed by atoms with Crippen molar-refractivity contribution in [1.29, 1.82) is 0 Å². The van der Waals surface area contributed by atoms with Gasteiger partial charge in [-0.1, -0.05) is 23.9 Å². The van der Waals surface area contributed by atoms with Crippen molar-refractivity contribution < 1.29 is 9.16 Å². The molecule has 0 aliphatic heterocycles. The van der Waals surface area contributed by atoms with E-state index >= 15 is 0 Å². The number of methoxy groups -OCH3 is 1. The van der Waals surface area contributed by atoms with E-state index in [2.05, 4.69) is 44.8 Å². The van der Waals surface area contributed by atoms with Gasteiger partial charge >= 0.3 is 0 Å². The third-order valence-electron chi connectivity index (χ3n) is 2.31. The van der Waals surface area contributed by atoms with Crippen molar-refractivity contribution in [3.63, 3.8) is 0 Å². The highest BCUT2D eigenvalue weighted by Gasteiger charge is 2.19. The van der Waals surface area contributed by atoms with Gasteiger partial charge in [-0.25, -0.2) is 0 Å². The fraction of sp³-hybridized carbons (Fsp3) is 0.429. The van der Waals surface area contributed by atoms with Gasteiger partial charge in [0.15, 0.2) is 0 Å². The van der Waals surface area contributed by atoms with Gasteiger partial charge in [0.2, 0.25) is 8.32 Å². The number of hydrogen-bond donors (Lipinski definition) is 0. The molecule has 0 spiro atoms. The normalized spacial score (nSPS) is 12.4. The lowest BCUT2D eigenvalue weighted by Gasteiger charge is -2.21. The minimum atomic E-state index is -1.70. The molecule has 94 valence electrons. The predicted octanol–water partition coefficient (Wildman–Crippen LogP) is 3.88. The van der Waals surface area contributed by atoms with Crippen LogP contribution in [0.2, 0.25) is 13.1 Å². The lowest BCUT2D eigenvalue weighted by atomic mass is 10.2. The van der Waals surface area contributed by atoms with Crippen molar-refractivity contribution in [3.8, 4) is 5.75 Å². The molecule has 0 N–H and O–H groups in total. The van der Waals surface area contributed by atoms with Gasteiger partial charge in [0.1, 0.15) is 5.75 Å². The molecule has 3 heteroatoms. The zero-order valence-electron chi connectivity index (χ0n) is 11.4. The van der Waals surface area contributed by atoms with Crippen molar-refractivity contribution in [2.24, 2.45) is 0 Å². The van der Waals surface area contributed by atoms with Crippen molar-refractivity contribution in [1.82, 2.24) is 0 Å². The predicted molar refractivity (Wildman–Crippen MR) is 75.7 cm³/mol. The zero-order chi connectivity index (χ0) is 12.9. The highest BCUT2D eigenvalue weighted by Crippen LogP contribution is 2.16. The van der Waals surface area contributed by atoms with Gasteiger partial charge in [-0.2, -0.15) is 0 Å². The van der Waals surface area contributed by atoms with Crippen LogP contribution in [0.4, 0.5) is 0 Å². The molecule has 0 saturated carbocycles. The van der Waals surface area contributed by atoms with Crippen LogP contribution in [0.5, 0.6) is 5.75 Å². The molecule has 17 heavy (non-hydrogen) atoms. The molecule has 0 aliphatic rings. The van der Waals surface area contributed by atoms with Crippen LogP contribution >= 0.6 is 0 Å². The van der Waals surface area contributed by atoms with Crippen molar-refractivity contribution in [3.05, 3.63) is 35.5 Å². The Hall–Kier alpha value is -1.06. The maximum atomic E-state index is 5.94. The van der Waals surface area contributed by atoms with Crippen LogP contribution in [0.25, 0.3) is 6.08 Å². The van der Waals surface area contributed by atoms with Crippen LogP contribution in [0, 0.1) is 0 Å². The standard InChI is InChI=1S/C14H22O2Si/c1-12(2)16-17(4,5)10-9-13-7-6-8-14(11-13)15-3/h6-12H,1-5H3/b10-9+. The monoisotopic (exact) mass is 250 g/mol. The minimum Gasteiger partial charge on any atom is -0.497 e. The molecule has 0 fully saturated rings. The summed E-state index contributed by atoms with van der Waals surface area (Å²) in [5, 5.41) is 0. The molecular formula is C14H22O2Si. The maximum Gasteiger partial charge on any atom is 0.211 e. The van der Waals surface area contributed by atoms with E-state index in [1.807, 2.05) is 18.2 Å². The van der Waals surface area contributed by atoms with E-state index in [0.29, 0.717) is 0 Å². The lowest BCUT2D eigenvalue weighted by Crippen LogP contribution is -2.31. The molecule has 0 saturated heterocycles. The average Bonchev–Trinajstić information content (AvgIpc) is 2.25. The van der Waals surface area contributed by atoms with Gasteiger partial charge in [0.05, 0.1) is 7.11 Å². The van der Waals surface area contributed by atoms with E-state index in [-0.39, 0.29) is 6.10 Å². The summed E-state index contributed by atoms with van der Waals surface area (Å²) >= 11 is 0. The first kappa shape index (κ1) is 14.0. The van der Waals surface area contributed by atoms with Gasteiger partial charge in [-0.05, 0) is 44.6 Å². The summed E-state index contributed by atoms with van der Waals surface area (Å²) in [7, 11) is -0.0142. The third kappa shape index (κ3) is 5.19. The number of ether oxygens (including phenoxy) is 1. The Kier molecular flexibility index (Phi) is 4.96. The van der Waals surface area contributed by atoms with Crippen molar-refractivity contribution in [2.45, 2.75) is 33.0 Å². The Labute approximate surface area is 105 Å². The van der Waals surface area contributed by atoms with Crippen molar-refractivity contribution >= 4 is 14.4 Å². The third-order valence-corrected chi connectivity index (χ3v) is 4.36. The van der Waals surface area contributed by atoms with E-state index in [9.17, 15) is 0 Å². The van der Waals surface area contributed by atoms with Gasteiger partial charge in [-0.3, -0.25) is 0 Å². The summed E-state index contributed by atoms with van der Waals surface area (Å²) in [4.78, 5) is 0. The smallest absolute Gasteiger partial charge is 0.211 e. The van der Waals surface area contributed by atoms with Gasteiger partial charge in [0.25, 0.3) is 0 Å². The molecule has 0 atom stereocenters. The average molecular weight is 250 g/mol. The van der Waals surface area contributed by atoms with Crippen molar-refractivity contribution in [2.75, 3.05) is 7.11 Å². The summed E-state index contributed by atoms with van der Waals surface area (Å²) in [6.07, 6.45) is 2.41. The second kappa shape index (κ2) is 6.03. The van der Waals surface area contributed by atoms with Crippen LogP contribution in [-0.2, 0) is 4.43 Å². The Bertz CT molecular complexity index is 384. The van der Waals surface area contributed by atoms with Gasteiger partial charge in [0, 0.05) is 6.10 Å². The van der Waals surface area contributed by atoms with E-state index in [1.165, 1.54) is 0 Å². The van der Waals surface area contributed by atoms with Crippen LogP contribution in [0.3, 0.4) is 0 Å². The van der Waals surface area contributed by atoms with E-state index in [0.717, 1.165) is 11.3 Å². The summed E-state index contributed by atoms with van der Waals surface area (Å²) in [5.74, 6) is 0.886. The molecule has 1 rings (SSSR count). The molecule has 1 aromatic carbocycles. The van der Waals surface area contributed by atoms with E-state index in [4.69, 9.17) is 9.16 Å². The lowest BCUT2D eigenvalue weighted by molar-refractivity contribution is 0.238. The Morgan fingerprint density at radius 3 is 2.53 bits per heavy atom. The molecule has 0 aromatic heterocycles. The molecule has 0 aliphatic carbocycles. The summed E-state index contributed by atoms with van der Waals surface area (Å²) in [6.45, 7) is 8.55. The number of rotatable bonds is 5. The molecule has 1 aromatic rings. The van der Waals surface area contributed by atoms with Gasteiger partial charge in [-0.15, -0.1) is 0 Å². The van der Waals surface area contributed by atoms with Crippen LogP contribution < -0.4 is 4.74 Å². The fourth-order valence-corrected chi connectivity index (χ4v) is 3.58. The Balaban J connectivity index is 2.75. The van der Waals surface area contributed by atoms with Crippen LogP contribution in [0.1, 0.15) is 19.4 Å². The summed E-state index contributed by atoms with van der Waals surface area (Å²) in [6, 6.07) is 8.04. The molecule has 0 unspecified atom stereocenters. The first-order valence-corrected chi connectivity index (χ1v) is 8.92. The van der Waals surface area contributed by atoms with E-state index in [1.54, 1.807) is 7.11 Å². The Morgan fingerprint density at radius 2 is 1.94 bits per heavy atom. The first-order chi connectivity index (χ1) is 7.93. The molecule has 2 nitrogen and oxygen atoms in total. The molecule has 0 amide bonds. The minimum absolute atomic E-state index is 0.284. The largest absolute Gasteiger partial charge is 0.497 e. The molecule has 0 bridgehead atoms. The molecule has 0 radical (unpaired) electrons. The molecule has 0 heterocycles. The summed E-state index contributed by atoms with van der Waals surface area (Å²) < 4.78 is 11.1.